The van der Waals surface area contributed by atoms with E-state index in [1.165, 1.54) is 0 Å². The van der Waals surface area contributed by atoms with Crippen LogP contribution in [0.2, 0.25) is 0 Å². The van der Waals surface area contributed by atoms with Gasteiger partial charge in [-0.3, -0.25) is 4.98 Å². The van der Waals surface area contributed by atoms with Crippen LogP contribution in [0.1, 0.15) is 11.1 Å². The van der Waals surface area contributed by atoms with Gasteiger partial charge in [0.15, 0.2) is 0 Å². The average Bonchev–Trinajstić information content (AvgIpc) is 2.10. The van der Waals surface area contributed by atoms with E-state index in [1.807, 2.05) is 13.1 Å². The van der Waals surface area contributed by atoms with Crippen molar-refractivity contribution in [2.75, 3.05) is 13.9 Å². The highest BCUT2D eigenvalue weighted by Gasteiger charge is 2.03. The Balaban J connectivity index is 2.64. The van der Waals surface area contributed by atoms with Crippen molar-refractivity contribution in [2.24, 2.45) is 0 Å². The largest absolute Gasteiger partial charge is 0.359 e. The van der Waals surface area contributed by atoms with Crippen LogP contribution in [0.4, 0.5) is 0 Å². The number of rotatable bonds is 4. The van der Waals surface area contributed by atoms with Gasteiger partial charge in [-0.25, -0.2) is 0 Å². The van der Waals surface area contributed by atoms with Crippen LogP contribution >= 0.6 is 15.9 Å². The van der Waals surface area contributed by atoms with E-state index in [0.717, 1.165) is 15.6 Å². The first-order valence-electron chi connectivity index (χ1n) is 3.91. The molecule has 1 aromatic heterocycles. The lowest BCUT2D eigenvalue weighted by Crippen LogP contribution is -2.00. The number of methoxy groups -OCH3 is 1. The van der Waals surface area contributed by atoms with Crippen LogP contribution in [0.25, 0.3) is 0 Å². The Morgan fingerprint density at radius 3 is 2.85 bits per heavy atom. The van der Waals surface area contributed by atoms with Gasteiger partial charge in [0, 0.05) is 24.0 Å². The molecule has 0 aromatic carbocycles. The molecule has 0 aliphatic rings. The summed E-state index contributed by atoms with van der Waals surface area (Å²) in [6.45, 7) is 2.86. The zero-order valence-electron chi connectivity index (χ0n) is 7.71. The Hall–Kier alpha value is -0.450. The number of hydrogen-bond acceptors (Lipinski definition) is 3. The molecule has 0 N–H and O–H groups in total. The van der Waals surface area contributed by atoms with Crippen LogP contribution in [-0.2, 0) is 16.1 Å². The van der Waals surface area contributed by atoms with E-state index >= 15 is 0 Å². The first-order chi connectivity index (χ1) is 6.25. The van der Waals surface area contributed by atoms with E-state index in [2.05, 4.69) is 20.9 Å². The van der Waals surface area contributed by atoms with Crippen molar-refractivity contribution in [3.8, 4) is 0 Å². The first-order valence-corrected chi connectivity index (χ1v) is 4.70. The van der Waals surface area contributed by atoms with Crippen LogP contribution in [-0.4, -0.2) is 18.9 Å². The highest BCUT2D eigenvalue weighted by Crippen LogP contribution is 2.19. The van der Waals surface area contributed by atoms with Gasteiger partial charge >= 0.3 is 0 Å². The van der Waals surface area contributed by atoms with Gasteiger partial charge < -0.3 is 9.47 Å². The maximum atomic E-state index is 5.25. The van der Waals surface area contributed by atoms with Gasteiger partial charge in [0.1, 0.15) is 6.79 Å². The Labute approximate surface area is 86.2 Å². The van der Waals surface area contributed by atoms with E-state index in [1.54, 1.807) is 13.3 Å². The van der Waals surface area contributed by atoms with Gasteiger partial charge in [-0.05, 0) is 34.0 Å². The van der Waals surface area contributed by atoms with Crippen molar-refractivity contribution >= 4 is 15.9 Å². The van der Waals surface area contributed by atoms with Crippen molar-refractivity contribution < 1.29 is 9.47 Å². The highest BCUT2D eigenvalue weighted by molar-refractivity contribution is 9.10. The fourth-order valence-corrected chi connectivity index (χ4v) is 1.51. The minimum Gasteiger partial charge on any atom is -0.359 e. The molecule has 72 valence electrons. The van der Waals surface area contributed by atoms with Crippen molar-refractivity contribution in [2.45, 2.75) is 13.5 Å². The predicted octanol–water partition coefficient (Wildman–Crippen LogP) is 2.27. The lowest BCUT2D eigenvalue weighted by Gasteiger charge is -2.07. The van der Waals surface area contributed by atoms with Gasteiger partial charge in [-0.15, -0.1) is 0 Å². The maximum Gasteiger partial charge on any atom is 0.146 e. The molecule has 0 aliphatic heterocycles. The van der Waals surface area contributed by atoms with E-state index in [9.17, 15) is 0 Å². The van der Waals surface area contributed by atoms with Gasteiger partial charge in [-0.1, -0.05) is 0 Å². The second kappa shape index (κ2) is 5.32. The molecule has 0 spiro atoms. The zero-order chi connectivity index (χ0) is 9.68. The van der Waals surface area contributed by atoms with Crippen LogP contribution in [0, 0.1) is 6.92 Å². The van der Waals surface area contributed by atoms with Crippen molar-refractivity contribution in [3.05, 3.63) is 28.0 Å². The van der Waals surface area contributed by atoms with E-state index in [0.29, 0.717) is 13.4 Å². The summed E-state index contributed by atoms with van der Waals surface area (Å²) in [5, 5.41) is 0. The monoisotopic (exact) mass is 245 g/mol. The SMILES string of the molecule is COCOCc1c(C)cncc1Br. The molecule has 0 saturated heterocycles. The van der Waals surface area contributed by atoms with Crippen LogP contribution in [0.3, 0.4) is 0 Å². The first kappa shape index (κ1) is 10.6. The molecule has 0 aliphatic carbocycles. The predicted molar refractivity (Wildman–Crippen MR) is 53.3 cm³/mol. The third-order valence-electron chi connectivity index (χ3n) is 1.67. The number of hydrogen-bond donors (Lipinski definition) is 0. The lowest BCUT2D eigenvalue weighted by atomic mass is 10.2. The average molecular weight is 246 g/mol. The van der Waals surface area contributed by atoms with E-state index in [-0.39, 0.29) is 0 Å². The van der Waals surface area contributed by atoms with Crippen LogP contribution in [0.15, 0.2) is 16.9 Å². The van der Waals surface area contributed by atoms with Crippen molar-refractivity contribution in [1.29, 1.82) is 0 Å². The summed E-state index contributed by atoms with van der Waals surface area (Å²) in [7, 11) is 1.61. The summed E-state index contributed by atoms with van der Waals surface area (Å²) >= 11 is 3.42. The van der Waals surface area contributed by atoms with Gasteiger partial charge in [-0.2, -0.15) is 0 Å². The quantitative estimate of drug-likeness (QED) is 0.603. The van der Waals surface area contributed by atoms with E-state index in [4.69, 9.17) is 9.47 Å². The number of aromatic nitrogens is 1. The third kappa shape index (κ3) is 3.06. The summed E-state index contributed by atoms with van der Waals surface area (Å²) in [5.41, 5.74) is 2.23. The molecule has 0 bridgehead atoms. The second-order valence-electron chi connectivity index (χ2n) is 2.67. The molecule has 0 unspecified atom stereocenters. The topological polar surface area (TPSA) is 31.4 Å². The molecule has 0 fully saturated rings. The standard InChI is InChI=1S/C9H12BrNO2/c1-7-3-11-4-9(10)8(7)5-13-6-12-2/h3-4H,5-6H2,1-2H3. The zero-order valence-corrected chi connectivity index (χ0v) is 9.30. The molecule has 1 aromatic rings. The maximum absolute atomic E-state index is 5.25. The minimum atomic E-state index is 0.314. The highest BCUT2D eigenvalue weighted by atomic mass is 79.9. The molecule has 0 radical (unpaired) electrons. The third-order valence-corrected chi connectivity index (χ3v) is 2.35. The summed E-state index contributed by atoms with van der Waals surface area (Å²) in [6, 6.07) is 0. The molecule has 4 heteroatoms. The van der Waals surface area contributed by atoms with Gasteiger partial charge in [0.05, 0.1) is 6.61 Å². The summed E-state index contributed by atoms with van der Waals surface area (Å²) in [5.74, 6) is 0. The smallest absolute Gasteiger partial charge is 0.146 e. The normalized spacial score (nSPS) is 10.4. The van der Waals surface area contributed by atoms with Crippen molar-refractivity contribution in [1.82, 2.24) is 4.98 Å². The van der Waals surface area contributed by atoms with Gasteiger partial charge in [0.2, 0.25) is 0 Å². The molecule has 1 heterocycles. The second-order valence-corrected chi connectivity index (χ2v) is 3.53. The number of pyridine rings is 1. The van der Waals surface area contributed by atoms with Crippen LogP contribution < -0.4 is 0 Å². The fourth-order valence-electron chi connectivity index (χ4n) is 0.969. The van der Waals surface area contributed by atoms with Crippen LogP contribution in [0.5, 0.6) is 0 Å². The molecule has 0 saturated carbocycles. The van der Waals surface area contributed by atoms with Gasteiger partial charge in [0.25, 0.3) is 0 Å². The summed E-state index contributed by atoms with van der Waals surface area (Å²) < 4.78 is 11.0. The molecule has 13 heavy (non-hydrogen) atoms. The molecule has 0 amide bonds. The molecule has 0 atom stereocenters. The lowest BCUT2D eigenvalue weighted by molar-refractivity contribution is -0.0393. The number of ether oxygens (including phenoxy) is 2. The Bertz CT molecular complexity index is 258. The van der Waals surface area contributed by atoms with E-state index < -0.39 is 0 Å². The summed E-state index contributed by atoms with van der Waals surface area (Å²) in [6.07, 6.45) is 3.58. The molecular weight excluding hydrogens is 234 g/mol. The molecular formula is C9H12BrNO2. The molecule has 1 rings (SSSR count). The number of halogens is 1. The Morgan fingerprint density at radius 1 is 1.46 bits per heavy atom. The molecule has 3 nitrogen and oxygen atoms in total. The van der Waals surface area contributed by atoms with Crippen molar-refractivity contribution in [3.63, 3.8) is 0 Å². The fraction of sp³-hybridized carbons (Fsp3) is 0.444. The number of aryl methyl sites for hydroxylation is 1. The Kier molecular flexibility index (Phi) is 4.35. The minimum absolute atomic E-state index is 0.314. The number of nitrogens with zero attached hydrogens (tertiary/aromatic N) is 1. The summed E-state index contributed by atoms with van der Waals surface area (Å²) in [4.78, 5) is 4.04. The Morgan fingerprint density at radius 2 is 2.23 bits per heavy atom.